The number of rotatable bonds is 8. The Morgan fingerprint density at radius 1 is 1.16 bits per heavy atom. The zero-order chi connectivity index (χ0) is 22.1. The van der Waals surface area contributed by atoms with Gasteiger partial charge < -0.3 is 26.0 Å². The van der Waals surface area contributed by atoms with Gasteiger partial charge in [-0.2, -0.15) is 0 Å². The van der Waals surface area contributed by atoms with Crippen molar-refractivity contribution in [1.82, 2.24) is 25.4 Å². The van der Waals surface area contributed by atoms with E-state index in [1.807, 2.05) is 41.4 Å². The third kappa shape index (κ3) is 3.98. The molecule has 1 aromatic heterocycles. The average molecular weight is 435 g/mol. The number of amides is 1. The van der Waals surface area contributed by atoms with Crippen molar-refractivity contribution in [2.45, 2.75) is 51.2 Å². The molecule has 5 rings (SSSR count). The van der Waals surface area contributed by atoms with Gasteiger partial charge in [-0.15, -0.1) is 0 Å². The zero-order valence-electron chi connectivity index (χ0n) is 18.3. The minimum Gasteiger partial charge on any atom is -0.370 e. The van der Waals surface area contributed by atoms with E-state index < -0.39 is 6.35 Å². The lowest BCUT2D eigenvalue weighted by Crippen LogP contribution is -2.57. The van der Waals surface area contributed by atoms with Gasteiger partial charge in [0.15, 0.2) is 0 Å². The summed E-state index contributed by atoms with van der Waals surface area (Å²) < 4.78 is 0. The lowest BCUT2D eigenvalue weighted by Gasteiger charge is -2.41. The number of nitrogens with one attached hydrogen (secondary N) is 3. The van der Waals surface area contributed by atoms with Crippen LogP contribution in [-0.2, 0) is 11.2 Å². The third-order valence-electron chi connectivity index (χ3n) is 6.16. The highest BCUT2D eigenvalue weighted by atomic mass is 16.3. The lowest BCUT2D eigenvalue weighted by atomic mass is 10.1. The van der Waals surface area contributed by atoms with Gasteiger partial charge in [0.1, 0.15) is 23.5 Å². The van der Waals surface area contributed by atoms with Crippen molar-refractivity contribution in [3.63, 3.8) is 0 Å². The quantitative estimate of drug-likeness (QED) is 0.506. The first-order valence-electron chi connectivity index (χ1n) is 11.4. The minimum atomic E-state index is -0.920. The van der Waals surface area contributed by atoms with Crippen LogP contribution >= 0.6 is 0 Å². The van der Waals surface area contributed by atoms with Crippen LogP contribution in [0.1, 0.15) is 43.5 Å². The molecular weight excluding hydrogens is 404 g/mol. The summed E-state index contributed by atoms with van der Waals surface area (Å²) in [6, 6.07) is 14.5. The number of hydrogen-bond donors (Lipinski definition) is 4. The standard InChI is InChI=1S/C24H30N6O2/c1-2-14-29-22-20(23(31)30(24(29)32)18-9-10-18)27-21(28-22)17-8-11-19(26-15-17)25-13-12-16-6-4-3-5-7-16/h3-8,11,15,18,21,24,27-28,32H,2,9-10,12-14H2,1H3,(H,25,26)/t21?,24-/m1/s1. The van der Waals surface area contributed by atoms with Gasteiger partial charge in [-0.25, -0.2) is 4.98 Å². The minimum absolute atomic E-state index is 0.134. The summed E-state index contributed by atoms with van der Waals surface area (Å²) >= 11 is 0. The normalized spacial score (nSPS) is 22.5. The Kier molecular flexibility index (Phi) is 5.61. The monoisotopic (exact) mass is 434 g/mol. The molecule has 1 aliphatic carbocycles. The molecule has 0 saturated heterocycles. The van der Waals surface area contributed by atoms with Crippen LogP contribution in [-0.4, -0.2) is 51.3 Å². The van der Waals surface area contributed by atoms with E-state index >= 15 is 0 Å². The number of aliphatic hydroxyl groups excluding tert-OH is 1. The van der Waals surface area contributed by atoms with E-state index in [1.165, 1.54) is 5.56 Å². The molecular formula is C24H30N6O2. The van der Waals surface area contributed by atoms with Crippen LogP contribution in [0.4, 0.5) is 5.82 Å². The first kappa shape index (κ1) is 20.6. The van der Waals surface area contributed by atoms with Crippen LogP contribution in [0.2, 0.25) is 0 Å². The molecule has 1 fully saturated rings. The predicted octanol–water partition coefficient (Wildman–Crippen LogP) is 2.09. The lowest BCUT2D eigenvalue weighted by molar-refractivity contribution is -0.158. The number of nitrogens with zero attached hydrogens (tertiary/aromatic N) is 3. The van der Waals surface area contributed by atoms with E-state index in [0.29, 0.717) is 18.1 Å². The van der Waals surface area contributed by atoms with Gasteiger partial charge in [-0.05, 0) is 43.4 Å². The predicted molar refractivity (Wildman–Crippen MR) is 122 cm³/mol. The molecule has 2 aromatic rings. The number of pyridine rings is 1. The summed E-state index contributed by atoms with van der Waals surface area (Å²) in [6.45, 7) is 3.54. The second-order valence-corrected chi connectivity index (χ2v) is 8.57. The highest BCUT2D eigenvalue weighted by molar-refractivity contribution is 5.95. The molecule has 3 aliphatic rings. The third-order valence-corrected chi connectivity index (χ3v) is 6.16. The second kappa shape index (κ2) is 8.70. The molecule has 1 amide bonds. The molecule has 1 unspecified atom stereocenters. The highest BCUT2D eigenvalue weighted by Crippen LogP contribution is 2.36. The molecule has 168 valence electrons. The first-order chi connectivity index (χ1) is 15.7. The van der Waals surface area contributed by atoms with Gasteiger partial charge in [0.25, 0.3) is 5.91 Å². The maximum atomic E-state index is 13.1. The summed E-state index contributed by atoms with van der Waals surface area (Å²) in [5.41, 5.74) is 2.76. The Hall–Kier alpha value is -3.26. The van der Waals surface area contributed by atoms with Crippen LogP contribution in [0.5, 0.6) is 0 Å². The van der Waals surface area contributed by atoms with Gasteiger partial charge in [0.2, 0.25) is 6.35 Å². The Labute approximate surface area is 188 Å². The maximum absolute atomic E-state index is 13.1. The smallest absolute Gasteiger partial charge is 0.277 e. The Morgan fingerprint density at radius 2 is 1.97 bits per heavy atom. The molecule has 32 heavy (non-hydrogen) atoms. The van der Waals surface area contributed by atoms with Gasteiger partial charge in [0, 0.05) is 30.9 Å². The summed E-state index contributed by atoms with van der Waals surface area (Å²) in [7, 11) is 0. The highest BCUT2D eigenvalue weighted by Gasteiger charge is 2.48. The molecule has 8 nitrogen and oxygen atoms in total. The second-order valence-electron chi connectivity index (χ2n) is 8.57. The van der Waals surface area contributed by atoms with E-state index in [4.69, 9.17) is 0 Å². The average Bonchev–Trinajstić information content (AvgIpc) is 3.54. The van der Waals surface area contributed by atoms with Crippen LogP contribution in [0.15, 0.2) is 60.2 Å². The molecule has 0 radical (unpaired) electrons. The molecule has 1 aromatic carbocycles. The largest absolute Gasteiger partial charge is 0.370 e. The molecule has 4 N–H and O–H groups in total. The van der Waals surface area contributed by atoms with Crippen molar-refractivity contribution in [3.8, 4) is 0 Å². The molecule has 0 spiro atoms. The number of benzene rings is 1. The van der Waals surface area contributed by atoms with Crippen LogP contribution in [0.25, 0.3) is 0 Å². The van der Waals surface area contributed by atoms with Gasteiger partial charge >= 0.3 is 0 Å². The topological polar surface area (TPSA) is 92.8 Å². The zero-order valence-corrected chi connectivity index (χ0v) is 18.3. The SMILES string of the molecule is CCCN1C2=C(NC(c3ccc(NCCc4ccccc4)nc3)N2)C(=O)N(C2CC2)[C@@H]1O. The molecule has 2 atom stereocenters. The molecule has 8 heteroatoms. The Morgan fingerprint density at radius 3 is 2.66 bits per heavy atom. The van der Waals surface area contributed by atoms with Crippen molar-refractivity contribution >= 4 is 11.7 Å². The van der Waals surface area contributed by atoms with Crippen molar-refractivity contribution in [1.29, 1.82) is 0 Å². The van der Waals surface area contributed by atoms with Crippen molar-refractivity contribution < 1.29 is 9.90 Å². The fraction of sp³-hybridized carbons (Fsp3) is 0.417. The van der Waals surface area contributed by atoms with E-state index in [1.54, 1.807) is 4.90 Å². The number of aliphatic hydroxyl groups is 1. The Balaban J connectivity index is 1.24. The maximum Gasteiger partial charge on any atom is 0.277 e. The summed E-state index contributed by atoms with van der Waals surface area (Å²) in [4.78, 5) is 21.1. The number of aromatic nitrogens is 1. The number of anilines is 1. The van der Waals surface area contributed by atoms with Crippen LogP contribution < -0.4 is 16.0 Å². The van der Waals surface area contributed by atoms with Crippen LogP contribution in [0.3, 0.4) is 0 Å². The summed E-state index contributed by atoms with van der Waals surface area (Å²) in [5, 5.41) is 20.9. The van der Waals surface area contributed by atoms with Gasteiger partial charge in [0.05, 0.1) is 0 Å². The number of carbonyl (C=O) groups excluding carboxylic acids is 1. The van der Waals surface area contributed by atoms with E-state index in [2.05, 4.69) is 40.0 Å². The molecule has 1 saturated carbocycles. The fourth-order valence-corrected chi connectivity index (χ4v) is 4.35. The molecule has 3 heterocycles. The fourth-order valence-electron chi connectivity index (χ4n) is 4.35. The van der Waals surface area contributed by atoms with Gasteiger partial charge in [-0.1, -0.05) is 37.3 Å². The van der Waals surface area contributed by atoms with Gasteiger partial charge in [-0.3, -0.25) is 9.69 Å². The van der Waals surface area contributed by atoms with E-state index in [0.717, 1.165) is 43.6 Å². The van der Waals surface area contributed by atoms with Crippen molar-refractivity contribution in [3.05, 3.63) is 71.3 Å². The van der Waals surface area contributed by atoms with E-state index in [9.17, 15) is 9.90 Å². The number of carbonyl (C=O) groups is 1. The van der Waals surface area contributed by atoms with Crippen molar-refractivity contribution in [2.24, 2.45) is 0 Å². The van der Waals surface area contributed by atoms with Crippen LogP contribution in [0, 0.1) is 0 Å². The van der Waals surface area contributed by atoms with E-state index in [-0.39, 0.29) is 18.1 Å². The molecule has 0 bridgehead atoms. The molecule has 2 aliphatic heterocycles. The number of hydrogen-bond acceptors (Lipinski definition) is 7. The first-order valence-corrected chi connectivity index (χ1v) is 11.4. The summed E-state index contributed by atoms with van der Waals surface area (Å²) in [5.74, 6) is 1.36. The summed E-state index contributed by atoms with van der Waals surface area (Å²) in [6.07, 6.45) is 4.34. The Bertz CT molecular complexity index is 989. The van der Waals surface area contributed by atoms with Crippen molar-refractivity contribution in [2.75, 3.05) is 18.4 Å².